The molecule has 0 saturated heterocycles. The average Bonchev–Trinajstić information content (AvgIpc) is 2.76. The van der Waals surface area contributed by atoms with E-state index in [9.17, 15) is 5.11 Å². The molecule has 1 unspecified atom stereocenters. The molecule has 0 heterocycles. The summed E-state index contributed by atoms with van der Waals surface area (Å²) in [5.74, 6) is 0. The average molecular weight is 362 g/mol. The summed E-state index contributed by atoms with van der Waals surface area (Å²) < 4.78 is 0. The maximum absolute atomic E-state index is 9.82. The van der Waals surface area contributed by atoms with Crippen LogP contribution in [0.4, 0.5) is 0 Å². The zero-order valence-corrected chi connectivity index (χ0v) is 15.7. The van der Waals surface area contributed by atoms with Gasteiger partial charge in [-0.3, -0.25) is 0 Å². The summed E-state index contributed by atoms with van der Waals surface area (Å²) in [6, 6.07) is 8.12. The van der Waals surface area contributed by atoms with Crippen molar-refractivity contribution in [3.05, 3.63) is 53.1 Å². The van der Waals surface area contributed by atoms with Crippen LogP contribution in [0, 0.1) is 0 Å². The van der Waals surface area contributed by atoms with Crippen molar-refractivity contribution in [2.45, 2.75) is 19.4 Å². The van der Waals surface area contributed by atoms with Gasteiger partial charge in [0.05, 0.1) is 6.10 Å². The summed E-state index contributed by atoms with van der Waals surface area (Å²) in [5, 5.41) is 9.82. The van der Waals surface area contributed by atoms with Crippen molar-refractivity contribution in [2.24, 2.45) is 0 Å². The zero-order valence-electron chi connectivity index (χ0n) is 12.6. The van der Waals surface area contributed by atoms with E-state index < -0.39 is 6.10 Å². The molecule has 1 aromatic rings. The minimum absolute atomic E-state index is 0. The molecule has 0 saturated carbocycles. The third kappa shape index (κ3) is 6.27. The SMILES string of the molecule is CC(O)c1ccccc1C1=CC(CN(C)C)=CC1.[Cl-].[Cl-].[Ti+2]. The maximum atomic E-state index is 9.82. The van der Waals surface area contributed by atoms with E-state index in [0.717, 1.165) is 18.5 Å². The Labute approximate surface area is 155 Å². The Morgan fingerprint density at radius 2 is 1.81 bits per heavy atom. The molecule has 2 rings (SSSR count). The molecule has 114 valence electrons. The van der Waals surface area contributed by atoms with Crippen molar-refractivity contribution in [2.75, 3.05) is 20.6 Å². The van der Waals surface area contributed by atoms with Crippen LogP contribution in [0.2, 0.25) is 0 Å². The van der Waals surface area contributed by atoms with Crippen molar-refractivity contribution >= 4 is 5.57 Å². The molecule has 0 amide bonds. The fraction of sp³-hybridized carbons (Fsp3) is 0.375. The fourth-order valence-corrected chi connectivity index (χ4v) is 2.40. The molecule has 0 fully saturated rings. The second-order valence-corrected chi connectivity index (χ2v) is 5.15. The molecule has 0 radical (unpaired) electrons. The fourth-order valence-electron chi connectivity index (χ4n) is 2.40. The molecule has 5 heteroatoms. The van der Waals surface area contributed by atoms with Gasteiger partial charge in [0, 0.05) is 6.54 Å². The molecule has 0 bridgehead atoms. The van der Waals surface area contributed by atoms with E-state index in [1.807, 2.05) is 25.1 Å². The van der Waals surface area contributed by atoms with Gasteiger partial charge in [-0.15, -0.1) is 0 Å². The number of hydrogen-bond donors (Lipinski definition) is 1. The largest absolute Gasteiger partial charge is 2.00 e. The van der Waals surface area contributed by atoms with Crippen molar-refractivity contribution in [1.82, 2.24) is 4.90 Å². The molecular weight excluding hydrogens is 341 g/mol. The Bertz CT molecular complexity index is 499. The third-order valence-corrected chi connectivity index (χ3v) is 3.20. The van der Waals surface area contributed by atoms with Crippen molar-refractivity contribution < 1.29 is 51.6 Å². The van der Waals surface area contributed by atoms with Crippen LogP contribution in [-0.4, -0.2) is 30.6 Å². The molecule has 1 atom stereocenters. The molecular formula is C16H21Cl2NOTi. The third-order valence-electron chi connectivity index (χ3n) is 3.20. The van der Waals surface area contributed by atoms with Gasteiger partial charge >= 0.3 is 21.7 Å². The van der Waals surface area contributed by atoms with Crippen LogP contribution in [0.1, 0.15) is 30.6 Å². The van der Waals surface area contributed by atoms with E-state index >= 15 is 0 Å². The topological polar surface area (TPSA) is 23.5 Å². The number of allylic oxidation sites excluding steroid dienone is 2. The van der Waals surface area contributed by atoms with Crippen molar-refractivity contribution in [1.29, 1.82) is 0 Å². The van der Waals surface area contributed by atoms with Crippen LogP contribution in [0.15, 0.2) is 42.0 Å². The van der Waals surface area contributed by atoms with Gasteiger partial charge in [-0.2, -0.15) is 0 Å². The van der Waals surface area contributed by atoms with Crippen molar-refractivity contribution in [3.63, 3.8) is 0 Å². The molecule has 0 spiro atoms. The van der Waals surface area contributed by atoms with Gasteiger partial charge in [0.1, 0.15) is 0 Å². The summed E-state index contributed by atoms with van der Waals surface area (Å²) in [6.07, 6.45) is 5.07. The number of aliphatic hydroxyl groups excluding tert-OH is 1. The van der Waals surface area contributed by atoms with Gasteiger partial charge in [0.15, 0.2) is 0 Å². The van der Waals surface area contributed by atoms with E-state index in [-0.39, 0.29) is 46.5 Å². The van der Waals surface area contributed by atoms with Crippen LogP contribution in [0.3, 0.4) is 0 Å². The Kier molecular flexibility index (Phi) is 11.7. The monoisotopic (exact) mass is 361 g/mol. The predicted octanol–water partition coefficient (Wildman–Crippen LogP) is -2.98. The molecule has 0 aromatic heterocycles. The molecule has 1 aromatic carbocycles. The van der Waals surface area contributed by atoms with Crippen LogP contribution < -0.4 is 24.8 Å². The number of rotatable bonds is 4. The second kappa shape index (κ2) is 10.6. The van der Waals surface area contributed by atoms with Crippen LogP contribution in [0.5, 0.6) is 0 Å². The first-order chi connectivity index (χ1) is 8.58. The predicted molar refractivity (Wildman–Crippen MR) is 76.3 cm³/mol. The summed E-state index contributed by atoms with van der Waals surface area (Å²) in [6.45, 7) is 2.79. The van der Waals surface area contributed by atoms with Crippen LogP contribution in [-0.2, 0) is 21.7 Å². The van der Waals surface area contributed by atoms with Crippen LogP contribution >= 0.6 is 0 Å². The quantitative estimate of drug-likeness (QED) is 0.579. The molecule has 1 aliphatic rings. The smallest absolute Gasteiger partial charge is 1.00 e. The van der Waals surface area contributed by atoms with Gasteiger partial charge in [0.2, 0.25) is 0 Å². The van der Waals surface area contributed by atoms with E-state index in [2.05, 4.69) is 37.2 Å². The van der Waals surface area contributed by atoms with E-state index in [1.54, 1.807) is 0 Å². The van der Waals surface area contributed by atoms with E-state index in [1.165, 1.54) is 16.7 Å². The first-order valence-electron chi connectivity index (χ1n) is 6.39. The number of likely N-dealkylation sites (N-methyl/N-ethyl adjacent to an activating group) is 1. The normalized spacial score (nSPS) is 14.3. The molecule has 2 nitrogen and oxygen atoms in total. The molecule has 0 aliphatic heterocycles. The first kappa shape index (κ1) is 23.2. The van der Waals surface area contributed by atoms with Gasteiger partial charge in [-0.05, 0) is 49.7 Å². The van der Waals surface area contributed by atoms with Gasteiger partial charge in [0.25, 0.3) is 0 Å². The molecule has 1 N–H and O–H groups in total. The summed E-state index contributed by atoms with van der Waals surface area (Å²) in [5.41, 5.74) is 4.86. The van der Waals surface area contributed by atoms with Crippen molar-refractivity contribution in [3.8, 4) is 0 Å². The molecule has 21 heavy (non-hydrogen) atoms. The number of halogens is 2. The number of benzene rings is 1. The van der Waals surface area contributed by atoms with Crippen LogP contribution in [0.25, 0.3) is 5.57 Å². The van der Waals surface area contributed by atoms with Gasteiger partial charge in [-0.25, -0.2) is 0 Å². The minimum atomic E-state index is -0.417. The summed E-state index contributed by atoms with van der Waals surface area (Å²) in [7, 11) is 4.16. The Morgan fingerprint density at radius 3 is 2.38 bits per heavy atom. The second-order valence-electron chi connectivity index (χ2n) is 5.15. The Morgan fingerprint density at radius 1 is 1.19 bits per heavy atom. The molecule has 1 aliphatic carbocycles. The number of aliphatic hydroxyl groups is 1. The summed E-state index contributed by atoms with van der Waals surface area (Å²) >= 11 is 0. The van der Waals surface area contributed by atoms with E-state index in [4.69, 9.17) is 0 Å². The van der Waals surface area contributed by atoms with E-state index in [0.29, 0.717) is 0 Å². The first-order valence-corrected chi connectivity index (χ1v) is 6.39. The Balaban J connectivity index is 0. The zero-order chi connectivity index (χ0) is 13.1. The Hall–Kier alpha value is -0.0857. The van der Waals surface area contributed by atoms with Gasteiger partial charge < -0.3 is 34.8 Å². The number of nitrogens with zero attached hydrogens (tertiary/aromatic N) is 1. The standard InChI is InChI=1S/C16H21NO.2ClH.Ti/c1-12(18)15-6-4-5-7-16(15)14-9-8-13(10-14)11-17(2)3;;;/h4-8,10,12,18H,9,11H2,1-3H3;2*1H;/q;;;+2/p-2. The minimum Gasteiger partial charge on any atom is -1.00 e. The number of hydrogen-bond acceptors (Lipinski definition) is 2. The summed E-state index contributed by atoms with van der Waals surface area (Å²) in [4.78, 5) is 2.17. The maximum Gasteiger partial charge on any atom is 2.00 e. The van der Waals surface area contributed by atoms with Gasteiger partial charge in [-0.1, -0.05) is 36.4 Å².